The van der Waals surface area contributed by atoms with Crippen LogP contribution in [0.2, 0.25) is 0 Å². The molecule has 0 saturated carbocycles. The number of carbonyl (C=O) groups is 1. The molecular formula is C15H16N2O4. The van der Waals surface area contributed by atoms with Gasteiger partial charge in [-0.05, 0) is 37.3 Å². The van der Waals surface area contributed by atoms with Crippen molar-refractivity contribution in [3.8, 4) is 17.0 Å². The maximum absolute atomic E-state index is 11.8. The van der Waals surface area contributed by atoms with E-state index in [0.717, 1.165) is 16.0 Å². The van der Waals surface area contributed by atoms with Crippen LogP contribution in [-0.4, -0.2) is 30.0 Å². The third-order valence-electron chi connectivity index (χ3n) is 3.12. The molecule has 1 atom stereocenters. The first kappa shape index (κ1) is 14.8. The van der Waals surface area contributed by atoms with Gasteiger partial charge in [-0.15, -0.1) is 0 Å². The molecule has 6 nitrogen and oxygen atoms in total. The minimum Gasteiger partial charge on any atom is -0.497 e. The van der Waals surface area contributed by atoms with E-state index in [-0.39, 0.29) is 5.56 Å². The molecular weight excluding hydrogens is 272 g/mol. The van der Waals surface area contributed by atoms with Gasteiger partial charge in [0.15, 0.2) is 6.04 Å². The van der Waals surface area contributed by atoms with Crippen LogP contribution in [0.1, 0.15) is 13.0 Å². The summed E-state index contributed by atoms with van der Waals surface area (Å²) in [7, 11) is 2.86. The molecule has 2 rings (SSSR count). The summed E-state index contributed by atoms with van der Waals surface area (Å²) in [5.74, 6) is 0.214. The van der Waals surface area contributed by atoms with E-state index in [1.54, 1.807) is 32.2 Å². The smallest absolute Gasteiger partial charge is 0.330 e. The molecule has 0 aliphatic heterocycles. The molecule has 0 aliphatic rings. The Labute approximate surface area is 121 Å². The fourth-order valence-electron chi connectivity index (χ4n) is 1.89. The van der Waals surface area contributed by atoms with Crippen molar-refractivity contribution in [1.29, 1.82) is 0 Å². The van der Waals surface area contributed by atoms with Crippen LogP contribution in [-0.2, 0) is 9.53 Å². The third kappa shape index (κ3) is 3.10. The SMILES string of the molecule is COC(=O)[C@@H](C)n1nc(-c2ccc(OC)cc2)ccc1=O. The zero-order chi connectivity index (χ0) is 15.4. The molecule has 110 valence electrons. The van der Waals surface area contributed by atoms with Gasteiger partial charge in [0.2, 0.25) is 0 Å². The first-order valence-electron chi connectivity index (χ1n) is 6.39. The van der Waals surface area contributed by atoms with Crippen molar-refractivity contribution in [2.45, 2.75) is 13.0 Å². The summed E-state index contributed by atoms with van der Waals surface area (Å²) >= 11 is 0. The highest BCUT2D eigenvalue weighted by Gasteiger charge is 2.18. The third-order valence-corrected chi connectivity index (χ3v) is 3.12. The lowest BCUT2D eigenvalue weighted by molar-refractivity contribution is -0.144. The molecule has 0 bridgehead atoms. The van der Waals surface area contributed by atoms with Crippen LogP contribution < -0.4 is 10.3 Å². The Bertz CT molecular complexity index is 692. The number of nitrogens with zero attached hydrogens (tertiary/aromatic N) is 2. The van der Waals surface area contributed by atoms with Gasteiger partial charge < -0.3 is 9.47 Å². The number of hydrogen-bond acceptors (Lipinski definition) is 5. The molecule has 6 heteroatoms. The maximum Gasteiger partial charge on any atom is 0.330 e. The first-order valence-corrected chi connectivity index (χ1v) is 6.39. The Hall–Kier alpha value is -2.63. The van der Waals surface area contributed by atoms with Gasteiger partial charge in [0.05, 0.1) is 19.9 Å². The van der Waals surface area contributed by atoms with E-state index in [9.17, 15) is 9.59 Å². The number of ether oxygens (including phenoxy) is 2. The summed E-state index contributed by atoms with van der Waals surface area (Å²) in [5, 5.41) is 4.23. The van der Waals surface area contributed by atoms with Crippen LogP contribution >= 0.6 is 0 Å². The second kappa shape index (κ2) is 6.21. The van der Waals surface area contributed by atoms with E-state index >= 15 is 0 Å². The van der Waals surface area contributed by atoms with Crippen molar-refractivity contribution in [3.63, 3.8) is 0 Å². The molecule has 0 unspecified atom stereocenters. The Morgan fingerprint density at radius 3 is 2.38 bits per heavy atom. The topological polar surface area (TPSA) is 70.4 Å². The average molecular weight is 288 g/mol. The van der Waals surface area contributed by atoms with Gasteiger partial charge >= 0.3 is 5.97 Å². The number of rotatable bonds is 4. The lowest BCUT2D eigenvalue weighted by Gasteiger charge is -2.12. The van der Waals surface area contributed by atoms with Gasteiger partial charge in [-0.3, -0.25) is 4.79 Å². The molecule has 0 saturated heterocycles. The van der Waals surface area contributed by atoms with Gasteiger partial charge in [0, 0.05) is 11.6 Å². The second-order valence-electron chi connectivity index (χ2n) is 4.43. The highest BCUT2D eigenvalue weighted by atomic mass is 16.5. The highest BCUT2D eigenvalue weighted by molar-refractivity contribution is 5.73. The fraction of sp³-hybridized carbons (Fsp3) is 0.267. The van der Waals surface area contributed by atoms with Crippen molar-refractivity contribution in [2.24, 2.45) is 0 Å². The predicted octanol–water partition coefficient (Wildman–Crippen LogP) is 1.65. The minimum atomic E-state index is -0.777. The van der Waals surface area contributed by atoms with Crippen molar-refractivity contribution in [1.82, 2.24) is 9.78 Å². The summed E-state index contributed by atoms with van der Waals surface area (Å²) in [6, 6.07) is 9.49. The van der Waals surface area contributed by atoms with E-state index in [2.05, 4.69) is 9.84 Å². The second-order valence-corrected chi connectivity index (χ2v) is 4.43. The van der Waals surface area contributed by atoms with Crippen LogP contribution in [0.4, 0.5) is 0 Å². The Balaban J connectivity index is 2.42. The van der Waals surface area contributed by atoms with Gasteiger partial charge in [-0.25, -0.2) is 9.48 Å². The number of benzene rings is 1. The maximum atomic E-state index is 11.8. The molecule has 0 spiro atoms. The van der Waals surface area contributed by atoms with Crippen molar-refractivity contribution in [2.75, 3.05) is 14.2 Å². The largest absolute Gasteiger partial charge is 0.497 e. The molecule has 0 radical (unpaired) electrons. The number of esters is 1. The van der Waals surface area contributed by atoms with Gasteiger partial charge in [0.25, 0.3) is 5.56 Å². The number of carbonyl (C=O) groups excluding carboxylic acids is 1. The Kier molecular flexibility index (Phi) is 4.37. The summed E-state index contributed by atoms with van der Waals surface area (Å²) in [6.45, 7) is 1.57. The molecule has 1 aromatic carbocycles. The van der Waals surface area contributed by atoms with E-state index in [4.69, 9.17) is 4.74 Å². The fourth-order valence-corrected chi connectivity index (χ4v) is 1.89. The molecule has 0 N–H and O–H groups in total. The Morgan fingerprint density at radius 1 is 1.14 bits per heavy atom. The van der Waals surface area contributed by atoms with E-state index in [1.807, 2.05) is 12.1 Å². The van der Waals surface area contributed by atoms with Gasteiger partial charge in [0.1, 0.15) is 5.75 Å². The minimum absolute atomic E-state index is 0.356. The predicted molar refractivity (Wildman–Crippen MR) is 77.2 cm³/mol. The Morgan fingerprint density at radius 2 is 1.81 bits per heavy atom. The zero-order valence-electron chi connectivity index (χ0n) is 12.1. The normalized spacial score (nSPS) is 11.8. The van der Waals surface area contributed by atoms with E-state index in [0.29, 0.717) is 5.69 Å². The summed E-state index contributed by atoms with van der Waals surface area (Å²) in [5.41, 5.74) is 1.06. The van der Waals surface area contributed by atoms with E-state index in [1.165, 1.54) is 13.2 Å². The number of hydrogen-bond donors (Lipinski definition) is 0. The average Bonchev–Trinajstić information content (AvgIpc) is 2.54. The van der Waals surface area contributed by atoms with Crippen molar-refractivity contribution >= 4 is 5.97 Å². The number of methoxy groups -OCH3 is 2. The zero-order valence-corrected chi connectivity index (χ0v) is 12.1. The standard InChI is InChI=1S/C15H16N2O4/c1-10(15(19)21-3)17-14(18)9-8-13(16-17)11-4-6-12(20-2)7-5-11/h4-10H,1-3H3/t10-/m1/s1. The van der Waals surface area contributed by atoms with Crippen LogP contribution in [0, 0.1) is 0 Å². The summed E-state index contributed by atoms with van der Waals surface area (Å²) in [4.78, 5) is 23.4. The molecule has 0 aliphatic carbocycles. The lowest BCUT2D eigenvalue weighted by atomic mass is 10.1. The molecule has 0 fully saturated rings. The van der Waals surface area contributed by atoms with Crippen molar-refractivity contribution in [3.05, 3.63) is 46.8 Å². The lowest BCUT2D eigenvalue weighted by Crippen LogP contribution is -2.30. The van der Waals surface area contributed by atoms with Crippen LogP contribution in [0.5, 0.6) is 5.75 Å². The quantitative estimate of drug-likeness (QED) is 0.800. The van der Waals surface area contributed by atoms with E-state index < -0.39 is 12.0 Å². The summed E-state index contributed by atoms with van der Waals surface area (Å²) in [6.07, 6.45) is 0. The number of aromatic nitrogens is 2. The molecule has 1 heterocycles. The van der Waals surface area contributed by atoms with Crippen LogP contribution in [0.25, 0.3) is 11.3 Å². The molecule has 1 aromatic heterocycles. The van der Waals surface area contributed by atoms with Crippen molar-refractivity contribution < 1.29 is 14.3 Å². The molecule has 0 amide bonds. The van der Waals surface area contributed by atoms with Crippen LogP contribution in [0.15, 0.2) is 41.2 Å². The molecule has 2 aromatic rings. The van der Waals surface area contributed by atoms with Gasteiger partial charge in [-0.2, -0.15) is 5.10 Å². The van der Waals surface area contributed by atoms with Crippen LogP contribution in [0.3, 0.4) is 0 Å². The highest BCUT2D eigenvalue weighted by Crippen LogP contribution is 2.20. The van der Waals surface area contributed by atoms with Gasteiger partial charge in [-0.1, -0.05) is 0 Å². The summed E-state index contributed by atoms with van der Waals surface area (Å²) < 4.78 is 10.9. The first-order chi connectivity index (χ1) is 10.1. The molecule has 21 heavy (non-hydrogen) atoms. The monoisotopic (exact) mass is 288 g/mol.